The molecule has 0 bridgehead atoms. The molecule has 0 radical (unpaired) electrons. The van der Waals surface area contributed by atoms with Crippen molar-refractivity contribution in [3.8, 4) is 16.9 Å². The van der Waals surface area contributed by atoms with Crippen molar-refractivity contribution in [3.63, 3.8) is 0 Å². The number of aromatic nitrogens is 5. The molecular formula is C24H18F3N7. The van der Waals surface area contributed by atoms with E-state index in [1.165, 1.54) is 16.8 Å². The quantitative estimate of drug-likeness (QED) is 0.379. The zero-order valence-corrected chi connectivity index (χ0v) is 17.7. The first kappa shape index (κ1) is 21.4. The highest BCUT2D eigenvalue weighted by atomic mass is 19.4. The van der Waals surface area contributed by atoms with Crippen LogP contribution in [0, 0.1) is 0 Å². The molecule has 0 saturated carbocycles. The number of nitrogens with zero attached hydrogens (tertiary/aromatic N) is 5. The third kappa shape index (κ3) is 4.13. The first-order valence-corrected chi connectivity index (χ1v) is 10.3. The van der Waals surface area contributed by atoms with E-state index in [1.54, 1.807) is 6.20 Å². The van der Waals surface area contributed by atoms with Crippen molar-refractivity contribution >= 4 is 22.8 Å². The van der Waals surface area contributed by atoms with Crippen LogP contribution in [0.1, 0.15) is 11.3 Å². The molecule has 0 aliphatic heterocycles. The molecule has 0 amide bonds. The molecule has 5 aromatic rings. The van der Waals surface area contributed by atoms with Gasteiger partial charge in [-0.2, -0.15) is 18.2 Å². The molecule has 0 aliphatic carbocycles. The number of anilines is 2. The Bertz CT molecular complexity index is 1430. The maximum Gasteiger partial charge on any atom is 0.416 e. The SMILES string of the molecule is Nc1c2c(-c3ccccc3)nc(NCc3ccccn3)nc2nn1-c1ccc(C(F)(F)F)cc1. The molecular weight excluding hydrogens is 443 g/mol. The predicted octanol–water partition coefficient (Wildman–Crippen LogP) is 5.09. The van der Waals surface area contributed by atoms with Gasteiger partial charge in [-0.05, 0) is 36.4 Å². The van der Waals surface area contributed by atoms with E-state index in [-0.39, 0.29) is 5.82 Å². The molecule has 3 N–H and O–H groups in total. The van der Waals surface area contributed by atoms with Crippen molar-refractivity contribution < 1.29 is 13.2 Å². The van der Waals surface area contributed by atoms with Crippen molar-refractivity contribution in [2.75, 3.05) is 11.1 Å². The molecule has 0 unspecified atom stereocenters. The smallest absolute Gasteiger partial charge is 0.383 e. The lowest BCUT2D eigenvalue weighted by Gasteiger charge is -2.09. The van der Waals surface area contributed by atoms with E-state index in [9.17, 15) is 13.2 Å². The fourth-order valence-electron chi connectivity index (χ4n) is 3.56. The molecule has 2 aromatic carbocycles. The van der Waals surface area contributed by atoms with Crippen molar-refractivity contribution in [2.24, 2.45) is 0 Å². The summed E-state index contributed by atoms with van der Waals surface area (Å²) < 4.78 is 40.3. The van der Waals surface area contributed by atoms with Gasteiger partial charge in [-0.15, -0.1) is 5.10 Å². The summed E-state index contributed by atoms with van der Waals surface area (Å²) in [5.74, 6) is 0.555. The van der Waals surface area contributed by atoms with Gasteiger partial charge in [0, 0.05) is 11.8 Å². The lowest BCUT2D eigenvalue weighted by Crippen LogP contribution is -2.06. The van der Waals surface area contributed by atoms with Crippen LogP contribution in [0.2, 0.25) is 0 Å². The second kappa shape index (κ2) is 8.47. The maximum atomic E-state index is 13.0. The fourth-order valence-corrected chi connectivity index (χ4v) is 3.56. The Morgan fingerprint density at radius 2 is 1.62 bits per heavy atom. The monoisotopic (exact) mass is 461 g/mol. The molecule has 34 heavy (non-hydrogen) atoms. The van der Waals surface area contributed by atoms with Gasteiger partial charge < -0.3 is 11.1 Å². The van der Waals surface area contributed by atoms with E-state index in [0.29, 0.717) is 34.9 Å². The Labute approximate surface area is 192 Å². The molecule has 5 rings (SSSR count). The summed E-state index contributed by atoms with van der Waals surface area (Å²) in [5, 5.41) is 8.14. The van der Waals surface area contributed by atoms with E-state index >= 15 is 0 Å². The molecule has 3 aromatic heterocycles. The molecule has 0 fully saturated rings. The van der Waals surface area contributed by atoms with Gasteiger partial charge in [0.25, 0.3) is 0 Å². The number of nitrogen functional groups attached to an aromatic ring is 1. The highest BCUT2D eigenvalue weighted by Crippen LogP contribution is 2.34. The summed E-state index contributed by atoms with van der Waals surface area (Å²) in [6.07, 6.45) is -2.73. The number of halogens is 3. The molecule has 10 heteroatoms. The minimum absolute atomic E-state index is 0.227. The van der Waals surface area contributed by atoms with Crippen molar-refractivity contribution in [3.05, 3.63) is 90.3 Å². The van der Waals surface area contributed by atoms with Crippen LogP contribution in [-0.2, 0) is 12.7 Å². The van der Waals surface area contributed by atoms with Crippen LogP contribution < -0.4 is 11.1 Å². The predicted molar refractivity (Wildman–Crippen MR) is 123 cm³/mol. The van der Waals surface area contributed by atoms with E-state index in [1.807, 2.05) is 48.5 Å². The first-order valence-electron chi connectivity index (χ1n) is 10.3. The van der Waals surface area contributed by atoms with Crippen LogP contribution in [0.25, 0.3) is 28.0 Å². The molecule has 0 atom stereocenters. The number of hydrogen-bond donors (Lipinski definition) is 2. The number of nitrogens with one attached hydrogen (secondary N) is 1. The molecule has 0 saturated heterocycles. The number of hydrogen-bond acceptors (Lipinski definition) is 6. The second-order valence-electron chi connectivity index (χ2n) is 7.48. The minimum atomic E-state index is -4.43. The van der Waals surface area contributed by atoms with Crippen molar-refractivity contribution in [1.29, 1.82) is 0 Å². The van der Waals surface area contributed by atoms with Gasteiger partial charge in [0.1, 0.15) is 5.82 Å². The van der Waals surface area contributed by atoms with Crippen LogP contribution in [0.5, 0.6) is 0 Å². The van der Waals surface area contributed by atoms with Gasteiger partial charge in [-0.1, -0.05) is 36.4 Å². The van der Waals surface area contributed by atoms with E-state index in [4.69, 9.17) is 5.73 Å². The van der Waals surface area contributed by atoms with Crippen LogP contribution in [-0.4, -0.2) is 24.7 Å². The maximum absolute atomic E-state index is 13.0. The van der Waals surface area contributed by atoms with E-state index in [0.717, 1.165) is 23.4 Å². The summed E-state index contributed by atoms with van der Waals surface area (Å²) in [5.41, 5.74) is 8.53. The summed E-state index contributed by atoms with van der Waals surface area (Å²) in [4.78, 5) is 13.4. The summed E-state index contributed by atoms with van der Waals surface area (Å²) in [6.45, 7) is 0.398. The Morgan fingerprint density at radius 1 is 0.882 bits per heavy atom. The summed E-state index contributed by atoms with van der Waals surface area (Å²) in [6, 6.07) is 19.6. The number of pyridine rings is 1. The van der Waals surface area contributed by atoms with Gasteiger partial charge in [-0.25, -0.2) is 9.67 Å². The van der Waals surface area contributed by atoms with Gasteiger partial charge in [0.15, 0.2) is 5.65 Å². The average molecular weight is 461 g/mol. The lowest BCUT2D eigenvalue weighted by atomic mass is 10.1. The van der Waals surface area contributed by atoms with Gasteiger partial charge >= 0.3 is 6.18 Å². The highest BCUT2D eigenvalue weighted by Gasteiger charge is 2.30. The van der Waals surface area contributed by atoms with Gasteiger partial charge in [-0.3, -0.25) is 4.98 Å². The average Bonchev–Trinajstić information content (AvgIpc) is 3.19. The van der Waals surface area contributed by atoms with Crippen molar-refractivity contribution in [2.45, 2.75) is 12.7 Å². The van der Waals surface area contributed by atoms with Gasteiger partial charge in [0.2, 0.25) is 5.95 Å². The molecule has 7 nitrogen and oxygen atoms in total. The molecule has 0 aliphatic rings. The number of nitrogens with two attached hydrogens (primary N) is 1. The van der Waals surface area contributed by atoms with Crippen LogP contribution in [0.15, 0.2) is 79.0 Å². The minimum Gasteiger partial charge on any atom is -0.383 e. The Morgan fingerprint density at radius 3 is 2.29 bits per heavy atom. The van der Waals surface area contributed by atoms with E-state index < -0.39 is 11.7 Å². The summed E-state index contributed by atoms with van der Waals surface area (Å²) >= 11 is 0. The summed E-state index contributed by atoms with van der Waals surface area (Å²) in [7, 11) is 0. The zero-order chi connectivity index (χ0) is 23.7. The topological polar surface area (TPSA) is 94.5 Å². The second-order valence-corrected chi connectivity index (χ2v) is 7.48. The van der Waals surface area contributed by atoms with E-state index in [2.05, 4.69) is 25.4 Å². The lowest BCUT2D eigenvalue weighted by molar-refractivity contribution is -0.137. The number of benzene rings is 2. The molecule has 0 spiro atoms. The highest BCUT2D eigenvalue weighted by molar-refractivity contribution is 5.99. The number of rotatable bonds is 5. The standard InChI is InChI=1S/C24H18F3N7/c25-24(26,27)16-9-11-18(12-10-16)34-21(28)19-20(15-6-2-1-3-7-15)31-23(32-22(19)33-34)30-14-17-8-4-5-13-29-17/h1-13H,14,28H2,(H,30,32,33). The zero-order valence-electron chi connectivity index (χ0n) is 17.7. The fraction of sp³-hybridized carbons (Fsp3) is 0.0833. The largest absolute Gasteiger partial charge is 0.416 e. The number of alkyl halides is 3. The van der Waals surface area contributed by atoms with Crippen molar-refractivity contribution in [1.82, 2.24) is 24.7 Å². The Hall–Kier alpha value is -4.47. The first-order chi connectivity index (χ1) is 16.4. The Kier molecular flexibility index (Phi) is 5.33. The van der Waals surface area contributed by atoms with Crippen LogP contribution >= 0.6 is 0 Å². The molecule has 170 valence electrons. The normalized spacial score (nSPS) is 11.6. The van der Waals surface area contributed by atoms with Crippen LogP contribution in [0.3, 0.4) is 0 Å². The Balaban J connectivity index is 1.60. The third-order valence-corrected chi connectivity index (χ3v) is 5.21. The molecule has 3 heterocycles. The van der Waals surface area contributed by atoms with Gasteiger partial charge in [0.05, 0.1) is 34.6 Å². The number of fused-ring (bicyclic) bond motifs is 1. The third-order valence-electron chi connectivity index (χ3n) is 5.21. The van der Waals surface area contributed by atoms with Crippen LogP contribution in [0.4, 0.5) is 24.9 Å².